The Morgan fingerprint density at radius 1 is 1.37 bits per heavy atom. The van der Waals surface area contributed by atoms with Crippen LogP contribution in [0.5, 0.6) is 0 Å². The molecule has 1 rings (SSSR count). The lowest BCUT2D eigenvalue weighted by Gasteiger charge is -2.23. The summed E-state index contributed by atoms with van der Waals surface area (Å²) in [5, 5.41) is 2.80. The minimum atomic E-state index is -4.37. The van der Waals surface area contributed by atoms with Gasteiger partial charge in [0.15, 0.2) is 5.96 Å². The van der Waals surface area contributed by atoms with Gasteiger partial charge in [0.25, 0.3) is 0 Å². The minimum Gasteiger partial charge on any atom is -0.347 e. The van der Waals surface area contributed by atoms with Crippen molar-refractivity contribution in [1.29, 1.82) is 0 Å². The number of hydrogen-bond donors (Lipinski definition) is 1. The summed E-state index contributed by atoms with van der Waals surface area (Å²) in [7, 11) is 2.72. The highest BCUT2D eigenvalue weighted by molar-refractivity contribution is 5.86. The summed E-state index contributed by atoms with van der Waals surface area (Å²) in [6.45, 7) is 0.282. The van der Waals surface area contributed by atoms with Gasteiger partial charge in [-0.25, -0.2) is 0 Å². The predicted octanol–water partition coefficient (Wildman–Crippen LogP) is 0.678. The predicted molar refractivity (Wildman–Crippen MR) is 65.9 cm³/mol. The van der Waals surface area contributed by atoms with E-state index in [2.05, 4.69) is 10.3 Å². The molecule has 1 aliphatic rings. The molecule has 1 saturated heterocycles. The van der Waals surface area contributed by atoms with E-state index >= 15 is 0 Å². The Bertz CT molecular complexity index is 337. The number of nitrogens with one attached hydrogen (secondary N) is 1. The number of aliphatic imine (C=N–C) groups is 1. The Hall–Kier alpha value is -1.47. The van der Waals surface area contributed by atoms with Crippen LogP contribution < -0.4 is 5.32 Å². The molecule has 19 heavy (non-hydrogen) atoms. The number of likely N-dealkylation sites (N-methyl/N-ethyl adjacent to an activating group) is 1. The monoisotopic (exact) mass is 280 g/mol. The molecule has 1 heterocycles. The Labute approximate surface area is 110 Å². The van der Waals surface area contributed by atoms with Gasteiger partial charge in [-0.15, -0.1) is 0 Å². The van der Waals surface area contributed by atoms with Gasteiger partial charge < -0.3 is 15.1 Å². The first-order valence-corrected chi connectivity index (χ1v) is 6.10. The van der Waals surface area contributed by atoms with Crippen LogP contribution >= 0.6 is 0 Å². The average Bonchev–Trinajstić information content (AvgIpc) is 2.81. The Morgan fingerprint density at radius 3 is 2.42 bits per heavy atom. The first kappa shape index (κ1) is 15.6. The molecule has 1 aliphatic heterocycles. The van der Waals surface area contributed by atoms with Gasteiger partial charge in [-0.3, -0.25) is 9.79 Å². The molecule has 0 aromatic heterocycles. The zero-order valence-electron chi connectivity index (χ0n) is 11.1. The first-order valence-electron chi connectivity index (χ1n) is 6.10. The van der Waals surface area contributed by atoms with E-state index in [0.717, 1.165) is 33.0 Å². The number of likely N-dealkylation sites (tertiary alicyclic amines) is 1. The van der Waals surface area contributed by atoms with Crippen molar-refractivity contribution in [2.75, 3.05) is 40.3 Å². The highest BCUT2D eigenvalue weighted by atomic mass is 19.4. The number of guanidine groups is 1. The van der Waals surface area contributed by atoms with E-state index in [1.54, 1.807) is 7.05 Å². The van der Waals surface area contributed by atoms with Gasteiger partial charge >= 0.3 is 6.18 Å². The van der Waals surface area contributed by atoms with Gasteiger partial charge in [0.2, 0.25) is 5.91 Å². The summed E-state index contributed by atoms with van der Waals surface area (Å²) in [6, 6.07) is 0. The van der Waals surface area contributed by atoms with E-state index < -0.39 is 18.6 Å². The van der Waals surface area contributed by atoms with E-state index in [9.17, 15) is 18.0 Å². The highest BCUT2D eigenvalue weighted by Crippen LogP contribution is 2.15. The number of nitrogens with zero attached hydrogens (tertiary/aromatic N) is 3. The van der Waals surface area contributed by atoms with Crippen LogP contribution in [0.3, 0.4) is 0 Å². The molecule has 0 spiro atoms. The van der Waals surface area contributed by atoms with Crippen LogP contribution in [0.1, 0.15) is 12.8 Å². The van der Waals surface area contributed by atoms with Gasteiger partial charge in [-0.2, -0.15) is 13.2 Å². The first-order chi connectivity index (χ1) is 8.83. The molecule has 0 atom stereocenters. The average molecular weight is 280 g/mol. The minimum absolute atomic E-state index is 0.185. The van der Waals surface area contributed by atoms with Crippen LogP contribution in [0.2, 0.25) is 0 Å². The van der Waals surface area contributed by atoms with E-state index in [-0.39, 0.29) is 6.54 Å². The van der Waals surface area contributed by atoms with Crippen LogP contribution in [-0.2, 0) is 4.79 Å². The van der Waals surface area contributed by atoms with Crippen LogP contribution in [0, 0.1) is 0 Å². The van der Waals surface area contributed by atoms with Crippen LogP contribution in [-0.4, -0.2) is 68.1 Å². The molecule has 0 saturated carbocycles. The quantitative estimate of drug-likeness (QED) is 0.611. The third-order valence-corrected chi connectivity index (χ3v) is 2.86. The van der Waals surface area contributed by atoms with Crippen molar-refractivity contribution in [2.24, 2.45) is 4.99 Å². The lowest BCUT2D eigenvalue weighted by Crippen LogP contribution is -2.46. The molecule has 1 amide bonds. The van der Waals surface area contributed by atoms with Crippen molar-refractivity contribution in [1.82, 2.24) is 15.1 Å². The summed E-state index contributed by atoms with van der Waals surface area (Å²) in [5.74, 6) is -0.0519. The SMILES string of the molecule is CN=C(NCC(=O)N(C)CC(F)(F)F)N1CCCC1. The topological polar surface area (TPSA) is 47.9 Å². The van der Waals surface area contributed by atoms with Gasteiger partial charge in [0, 0.05) is 27.2 Å². The fraction of sp³-hybridized carbons (Fsp3) is 0.818. The Kier molecular flexibility index (Phi) is 5.44. The maximum atomic E-state index is 12.1. The lowest BCUT2D eigenvalue weighted by molar-refractivity contribution is -0.157. The van der Waals surface area contributed by atoms with Crippen LogP contribution in [0.25, 0.3) is 0 Å². The third-order valence-electron chi connectivity index (χ3n) is 2.86. The van der Waals surface area contributed by atoms with Crippen molar-refractivity contribution >= 4 is 11.9 Å². The molecular formula is C11H19F3N4O. The number of rotatable bonds is 3. The Balaban J connectivity index is 2.40. The molecule has 110 valence electrons. The zero-order valence-corrected chi connectivity index (χ0v) is 11.1. The van der Waals surface area contributed by atoms with Crippen molar-refractivity contribution in [3.8, 4) is 0 Å². The summed E-state index contributed by atoms with van der Waals surface area (Å²) in [4.78, 5) is 18.2. The molecule has 0 aliphatic carbocycles. The summed E-state index contributed by atoms with van der Waals surface area (Å²) < 4.78 is 36.4. The lowest BCUT2D eigenvalue weighted by atomic mass is 10.4. The molecule has 1 fully saturated rings. The van der Waals surface area contributed by atoms with Gasteiger partial charge in [-0.1, -0.05) is 0 Å². The van der Waals surface area contributed by atoms with Gasteiger partial charge in [-0.05, 0) is 12.8 Å². The molecule has 0 aromatic carbocycles. The number of carbonyl (C=O) groups excluding carboxylic acids is 1. The van der Waals surface area contributed by atoms with Gasteiger partial charge in [0.1, 0.15) is 6.54 Å². The number of halogens is 3. The molecule has 0 bridgehead atoms. The molecule has 0 unspecified atom stereocenters. The van der Waals surface area contributed by atoms with Crippen LogP contribution in [0.4, 0.5) is 13.2 Å². The molecule has 0 aromatic rings. The molecule has 0 radical (unpaired) electrons. The molecular weight excluding hydrogens is 261 g/mol. The smallest absolute Gasteiger partial charge is 0.347 e. The normalized spacial score (nSPS) is 16.7. The van der Waals surface area contributed by atoms with Crippen molar-refractivity contribution in [3.05, 3.63) is 0 Å². The zero-order chi connectivity index (χ0) is 14.5. The van der Waals surface area contributed by atoms with E-state index in [4.69, 9.17) is 0 Å². The fourth-order valence-corrected chi connectivity index (χ4v) is 1.91. The van der Waals surface area contributed by atoms with Crippen LogP contribution in [0.15, 0.2) is 4.99 Å². The standard InChI is InChI=1S/C11H19F3N4O/c1-15-10(18-5-3-4-6-18)16-7-9(19)17(2)8-11(12,13)14/h3-8H2,1-2H3,(H,15,16). The van der Waals surface area contributed by atoms with Crippen molar-refractivity contribution in [3.63, 3.8) is 0 Å². The van der Waals surface area contributed by atoms with E-state index in [0.29, 0.717) is 10.9 Å². The second kappa shape index (κ2) is 6.63. The second-order valence-corrected chi connectivity index (χ2v) is 4.46. The van der Waals surface area contributed by atoms with E-state index in [1.807, 2.05) is 4.90 Å². The summed E-state index contributed by atoms with van der Waals surface area (Å²) >= 11 is 0. The van der Waals surface area contributed by atoms with E-state index in [1.165, 1.54) is 0 Å². The van der Waals surface area contributed by atoms with Gasteiger partial charge in [0.05, 0.1) is 6.54 Å². The largest absolute Gasteiger partial charge is 0.406 e. The molecule has 1 N–H and O–H groups in total. The highest BCUT2D eigenvalue weighted by Gasteiger charge is 2.31. The maximum Gasteiger partial charge on any atom is 0.406 e. The number of hydrogen-bond acceptors (Lipinski definition) is 2. The van der Waals surface area contributed by atoms with Crippen molar-refractivity contribution in [2.45, 2.75) is 19.0 Å². The summed E-state index contributed by atoms with van der Waals surface area (Å²) in [5.41, 5.74) is 0. The maximum absolute atomic E-state index is 12.1. The second-order valence-electron chi connectivity index (χ2n) is 4.46. The molecule has 8 heteroatoms. The Morgan fingerprint density at radius 2 is 1.95 bits per heavy atom. The number of carbonyl (C=O) groups is 1. The molecule has 5 nitrogen and oxygen atoms in total. The number of alkyl halides is 3. The third kappa shape index (κ3) is 5.35. The summed E-state index contributed by atoms with van der Waals surface area (Å²) in [6.07, 6.45) is -2.26. The van der Waals surface area contributed by atoms with Crippen molar-refractivity contribution < 1.29 is 18.0 Å². The fourth-order valence-electron chi connectivity index (χ4n) is 1.91. The number of amides is 1.